The Morgan fingerprint density at radius 3 is 1.52 bits per heavy atom. The van der Waals surface area contributed by atoms with E-state index in [1.165, 1.54) is 90.9 Å². The van der Waals surface area contributed by atoms with Gasteiger partial charge in [0, 0.05) is 12.2 Å². The number of hydrogen-bond acceptors (Lipinski definition) is 5. The molecule has 0 aliphatic heterocycles. The highest BCUT2D eigenvalue weighted by molar-refractivity contribution is 5.96. The first-order valence-corrected chi connectivity index (χ1v) is 11.2. The van der Waals surface area contributed by atoms with Crippen molar-refractivity contribution in [3.8, 4) is 0 Å². The van der Waals surface area contributed by atoms with Crippen LogP contribution in [0, 0.1) is 0 Å². The standard InChI is InChI=1S/C24H39NO4/c1-4-5-6-7-8-9-10-11-12-13-14-15-16-25-22-18-20(23(26)28-2)17-21(19-22)24(27)29-3/h17-19,25H,4-16H2,1-3H3. The Morgan fingerprint density at radius 1 is 0.690 bits per heavy atom. The van der Waals surface area contributed by atoms with Crippen LogP contribution >= 0.6 is 0 Å². The van der Waals surface area contributed by atoms with Crippen LogP contribution in [0.2, 0.25) is 0 Å². The summed E-state index contributed by atoms with van der Waals surface area (Å²) in [6.07, 6.45) is 15.8. The molecule has 0 aliphatic rings. The van der Waals surface area contributed by atoms with Crippen molar-refractivity contribution in [3.05, 3.63) is 29.3 Å². The van der Waals surface area contributed by atoms with Gasteiger partial charge in [-0.25, -0.2) is 9.59 Å². The predicted molar refractivity (Wildman–Crippen MR) is 119 cm³/mol. The zero-order valence-electron chi connectivity index (χ0n) is 18.6. The number of benzene rings is 1. The van der Waals surface area contributed by atoms with Gasteiger partial charge in [-0.05, 0) is 24.6 Å². The van der Waals surface area contributed by atoms with Gasteiger partial charge in [-0.2, -0.15) is 0 Å². The van der Waals surface area contributed by atoms with E-state index in [0.29, 0.717) is 11.1 Å². The van der Waals surface area contributed by atoms with Gasteiger partial charge in [0.2, 0.25) is 0 Å². The third kappa shape index (κ3) is 10.9. The first-order chi connectivity index (χ1) is 14.1. The molecule has 5 nitrogen and oxygen atoms in total. The van der Waals surface area contributed by atoms with Gasteiger partial charge in [0.1, 0.15) is 0 Å². The Balaban J connectivity index is 2.22. The summed E-state index contributed by atoms with van der Waals surface area (Å²) in [6, 6.07) is 4.91. The molecule has 0 spiro atoms. The van der Waals surface area contributed by atoms with Crippen LogP contribution < -0.4 is 5.32 Å². The van der Waals surface area contributed by atoms with Crippen LogP contribution in [0.25, 0.3) is 0 Å². The maximum absolute atomic E-state index is 11.8. The Hall–Kier alpha value is -2.04. The van der Waals surface area contributed by atoms with Crippen LogP contribution in [0.4, 0.5) is 5.69 Å². The van der Waals surface area contributed by atoms with E-state index in [9.17, 15) is 9.59 Å². The van der Waals surface area contributed by atoms with Gasteiger partial charge in [-0.3, -0.25) is 0 Å². The molecule has 0 saturated heterocycles. The topological polar surface area (TPSA) is 64.6 Å². The SMILES string of the molecule is CCCCCCCCCCCCCCNc1cc(C(=O)OC)cc(C(=O)OC)c1. The number of ether oxygens (including phenoxy) is 2. The summed E-state index contributed by atoms with van der Waals surface area (Å²) in [5, 5.41) is 3.30. The molecule has 0 aromatic heterocycles. The number of hydrogen-bond donors (Lipinski definition) is 1. The summed E-state index contributed by atoms with van der Waals surface area (Å²) in [6.45, 7) is 3.07. The van der Waals surface area contributed by atoms with E-state index < -0.39 is 11.9 Å². The van der Waals surface area contributed by atoms with E-state index in [-0.39, 0.29) is 0 Å². The van der Waals surface area contributed by atoms with Crippen molar-refractivity contribution in [1.29, 1.82) is 0 Å². The molecule has 1 rings (SSSR count). The maximum Gasteiger partial charge on any atom is 0.337 e. The van der Waals surface area contributed by atoms with E-state index in [4.69, 9.17) is 9.47 Å². The Labute approximate surface area is 176 Å². The number of anilines is 1. The molecule has 5 heteroatoms. The van der Waals surface area contributed by atoms with Crippen LogP contribution in [0.15, 0.2) is 18.2 Å². The maximum atomic E-state index is 11.8. The van der Waals surface area contributed by atoms with Gasteiger partial charge >= 0.3 is 11.9 Å². The highest BCUT2D eigenvalue weighted by Crippen LogP contribution is 2.18. The molecule has 0 unspecified atom stereocenters. The van der Waals surface area contributed by atoms with Gasteiger partial charge < -0.3 is 14.8 Å². The first kappa shape index (κ1) is 25.0. The Morgan fingerprint density at radius 2 is 1.10 bits per heavy atom. The molecule has 0 heterocycles. The molecule has 0 radical (unpaired) electrons. The van der Waals surface area contributed by atoms with Crippen molar-refractivity contribution in [2.45, 2.75) is 84.0 Å². The lowest BCUT2D eigenvalue weighted by Crippen LogP contribution is -2.09. The van der Waals surface area contributed by atoms with Crippen LogP contribution in [0.3, 0.4) is 0 Å². The molecular weight excluding hydrogens is 366 g/mol. The summed E-state index contributed by atoms with van der Waals surface area (Å²) >= 11 is 0. The van der Waals surface area contributed by atoms with Crippen molar-refractivity contribution in [2.75, 3.05) is 26.1 Å². The number of nitrogens with one attached hydrogen (secondary N) is 1. The molecule has 29 heavy (non-hydrogen) atoms. The molecule has 0 saturated carbocycles. The van der Waals surface area contributed by atoms with Crippen LogP contribution in [0.5, 0.6) is 0 Å². The van der Waals surface area contributed by atoms with E-state index in [1.54, 1.807) is 12.1 Å². The predicted octanol–water partition coefficient (Wildman–Crippen LogP) is 6.37. The minimum absolute atomic E-state index is 0.340. The second-order valence-electron chi connectivity index (χ2n) is 7.60. The minimum Gasteiger partial charge on any atom is -0.465 e. The van der Waals surface area contributed by atoms with Gasteiger partial charge in [0.05, 0.1) is 25.3 Å². The molecule has 0 aliphatic carbocycles. The van der Waals surface area contributed by atoms with Crippen molar-refractivity contribution >= 4 is 17.6 Å². The van der Waals surface area contributed by atoms with E-state index in [2.05, 4.69) is 12.2 Å². The summed E-state index contributed by atoms with van der Waals surface area (Å²) in [7, 11) is 2.65. The zero-order chi connectivity index (χ0) is 21.3. The Kier molecular flexibility index (Phi) is 13.6. The van der Waals surface area contributed by atoms with Gasteiger partial charge in [-0.1, -0.05) is 77.6 Å². The van der Waals surface area contributed by atoms with Crippen molar-refractivity contribution in [1.82, 2.24) is 0 Å². The van der Waals surface area contributed by atoms with Crippen LogP contribution in [-0.4, -0.2) is 32.7 Å². The molecule has 0 atom stereocenters. The average molecular weight is 406 g/mol. The number of methoxy groups -OCH3 is 2. The zero-order valence-corrected chi connectivity index (χ0v) is 18.6. The fraction of sp³-hybridized carbons (Fsp3) is 0.667. The highest BCUT2D eigenvalue weighted by Gasteiger charge is 2.13. The van der Waals surface area contributed by atoms with E-state index in [0.717, 1.165) is 18.7 Å². The minimum atomic E-state index is -0.468. The number of esters is 2. The van der Waals surface area contributed by atoms with E-state index in [1.807, 2.05) is 0 Å². The number of unbranched alkanes of at least 4 members (excludes halogenated alkanes) is 11. The molecule has 0 fully saturated rings. The third-order valence-electron chi connectivity index (χ3n) is 5.13. The second kappa shape index (κ2) is 15.8. The fourth-order valence-corrected chi connectivity index (χ4v) is 3.40. The smallest absolute Gasteiger partial charge is 0.337 e. The second-order valence-corrected chi connectivity index (χ2v) is 7.60. The average Bonchev–Trinajstić information content (AvgIpc) is 2.75. The summed E-state index contributed by atoms with van der Waals surface area (Å²) in [5.74, 6) is -0.937. The molecule has 0 amide bonds. The van der Waals surface area contributed by atoms with Crippen LogP contribution in [-0.2, 0) is 9.47 Å². The van der Waals surface area contributed by atoms with Gasteiger partial charge in [-0.15, -0.1) is 0 Å². The molecule has 1 aromatic rings. The van der Waals surface area contributed by atoms with Crippen molar-refractivity contribution in [3.63, 3.8) is 0 Å². The third-order valence-corrected chi connectivity index (χ3v) is 5.13. The number of carbonyl (C=O) groups excluding carboxylic acids is 2. The first-order valence-electron chi connectivity index (χ1n) is 11.2. The lowest BCUT2D eigenvalue weighted by molar-refractivity contribution is 0.0599. The highest BCUT2D eigenvalue weighted by atomic mass is 16.5. The number of carbonyl (C=O) groups is 2. The van der Waals surface area contributed by atoms with Gasteiger partial charge in [0.15, 0.2) is 0 Å². The summed E-state index contributed by atoms with van der Waals surface area (Å²) in [5.41, 5.74) is 1.41. The molecule has 1 N–H and O–H groups in total. The number of rotatable bonds is 16. The quantitative estimate of drug-likeness (QED) is 0.256. The van der Waals surface area contributed by atoms with Crippen molar-refractivity contribution < 1.29 is 19.1 Å². The molecule has 1 aromatic carbocycles. The largest absolute Gasteiger partial charge is 0.465 e. The van der Waals surface area contributed by atoms with Gasteiger partial charge in [0.25, 0.3) is 0 Å². The summed E-state index contributed by atoms with van der Waals surface area (Å²) in [4.78, 5) is 23.6. The monoisotopic (exact) mass is 405 g/mol. The summed E-state index contributed by atoms with van der Waals surface area (Å²) < 4.78 is 9.53. The molecular formula is C24H39NO4. The van der Waals surface area contributed by atoms with Crippen LogP contribution in [0.1, 0.15) is 105 Å². The molecule has 0 bridgehead atoms. The molecule has 164 valence electrons. The Bertz CT molecular complexity index is 566. The lowest BCUT2D eigenvalue weighted by atomic mass is 10.1. The van der Waals surface area contributed by atoms with E-state index >= 15 is 0 Å². The normalized spacial score (nSPS) is 10.6. The van der Waals surface area contributed by atoms with Crippen molar-refractivity contribution in [2.24, 2.45) is 0 Å². The fourth-order valence-electron chi connectivity index (χ4n) is 3.40. The lowest BCUT2D eigenvalue weighted by Gasteiger charge is -2.10.